The highest BCUT2D eigenvalue weighted by Crippen LogP contribution is 2.41. The van der Waals surface area contributed by atoms with Gasteiger partial charge in [-0.3, -0.25) is 0 Å². The normalized spacial score (nSPS) is 23.7. The lowest BCUT2D eigenvalue weighted by Crippen LogP contribution is -2.33. The summed E-state index contributed by atoms with van der Waals surface area (Å²) < 4.78 is 11.8. The second kappa shape index (κ2) is 6.72. The zero-order valence-corrected chi connectivity index (χ0v) is 14.7. The molecule has 0 bridgehead atoms. The first-order valence-corrected chi connectivity index (χ1v) is 9.49. The molecule has 1 aliphatic carbocycles. The van der Waals surface area contributed by atoms with Crippen molar-refractivity contribution in [1.82, 2.24) is 15.0 Å². The Balaban J connectivity index is 1.26. The smallest absolute Gasteiger partial charge is 0.217 e. The average Bonchev–Trinajstić information content (AvgIpc) is 3.13. The fourth-order valence-corrected chi connectivity index (χ4v) is 4.12. The van der Waals surface area contributed by atoms with Crippen LogP contribution in [0.25, 0.3) is 11.0 Å². The monoisotopic (exact) mass is 349 g/mol. The third kappa shape index (κ3) is 2.97. The molecule has 1 N–H and O–H groups in total. The first kappa shape index (κ1) is 15.8. The molecule has 5 rings (SSSR count). The summed E-state index contributed by atoms with van der Waals surface area (Å²) in [6.07, 6.45) is 8.04. The third-order valence-electron chi connectivity index (χ3n) is 5.75. The van der Waals surface area contributed by atoms with E-state index in [1.54, 1.807) is 6.33 Å². The van der Waals surface area contributed by atoms with Gasteiger partial charge in [-0.15, -0.1) is 0 Å². The molecular weight excluding hydrogens is 326 g/mol. The van der Waals surface area contributed by atoms with Crippen molar-refractivity contribution in [2.45, 2.75) is 43.6 Å². The van der Waals surface area contributed by atoms with E-state index in [-0.39, 0.29) is 6.10 Å². The van der Waals surface area contributed by atoms with Gasteiger partial charge in [-0.2, -0.15) is 0 Å². The van der Waals surface area contributed by atoms with Gasteiger partial charge in [0.1, 0.15) is 6.10 Å². The number of nitrogens with one attached hydrogen (secondary N) is 1. The number of benzene rings is 1. The van der Waals surface area contributed by atoms with E-state index in [0.717, 1.165) is 55.8 Å². The van der Waals surface area contributed by atoms with E-state index in [1.807, 2.05) is 12.3 Å². The molecule has 2 aromatic heterocycles. The van der Waals surface area contributed by atoms with Gasteiger partial charge in [0, 0.05) is 25.0 Å². The molecule has 0 atom stereocenters. The summed E-state index contributed by atoms with van der Waals surface area (Å²) in [5.74, 6) is 1.89. The summed E-state index contributed by atoms with van der Waals surface area (Å²) in [7, 11) is 0. The molecule has 5 heteroatoms. The van der Waals surface area contributed by atoms with Crippen molar-refractivity contribution < 1.29 is 9.47 Å². The maximum absolute atomic E-state index is 6.29. The molecule has 5 nitrogen and oxygen atoms in total. The second-order valence-electron chi connectivity index (χ2n) is 7.37. The van der Waals surface area contributed by atoms with Gasteiger partial charge in [0.05, 0.1) is 17.4 Å². The molecule has 0 spiro atoms. The Hall–Kier alpha value is -2.40. The van der Waals surface area contributed by atoms with E-state index in [4.69, 9.17) is 9.47 Å². The molecule has 1 saturated heterocycles. The minimum absolute atomic E-state index is 0.256. The standard InChI is InChI=1S/C21H23N3O2/c1-2-18(14-5-8-25-9-6-14)21(22-7-1)26-17-10-16(11-17)15-3-4-19-20(12-15)24-13-23-19/h1-4,7,12-14,16-17H,5-6,8-11H2,(H,23,24). The molecule has 0 radical (unpaired) electrons. The summed E-state index contributed by atoms with van der Waals surface area (Å²) in [4.78, 5) is 12.0. The number of rotatable bonds is 4. The Morgan fingerprint density at radius 1 is 1.04 bits per heavy atom. The highest BCUT2D eigenvalue weighted by atomic mass is 16.5. The molecule has 3 heterocycles. The third-order valence-corrected chi connectivity index (χ3v) is 5.75. The van der Waals surface area contributed by atoms with E-state index in [0.29, 0.717) is 11.8 Å². The number of aromatic nitrogens is 3. The van der Waals surface area contributed by atoms with Gasteiger partial charge in [-0.25, -0.2) is 9.97 Å². The lowest BCUT2D eigenvalue weighted by molar-refractivity contribution is 0.0771. The predicted molar refractivity (Wildman–Crippen MR) is 99.5 cm³/mol. The first-order chi connectivity index (χ1) is 12.9. The minimum Gasteiger partial charge on any atom is -0.474 e. The maximum atomic E-state index is 6.29. The number of aromatic amines is 1. The molecular formula is C21H23N3O2. The molecule has 3 aromatic rings. The Labute approximate surface area is 152 Å². The maximum Gasteiger partial charge on any atom is 0.217 e. The van der Waals surface area contributed by atoms with Gasteiger partial charge < -0.3 is 14.5 Å². The Morgan fingerprint density at radius 2 is 1.92 bits per heavy atom. The zero-order valence-electron chi connectivity index (χ0n) is 14.7. The predicted octanol–water partition coefficient (Wildman–Crippen LogP) is 4.18. The van der Waals surface area contributed by atoms with E-state index < -0.39 is 0 Å². The van der Waals surface area contributed by atoms with Crippen LogP contribution in [0.5, 0.6) is 5.88 Å². The van der Waals surface area contributed by atoms with Crippen LogP contribution in [-0.2, 0) is 4.74 Å². The summed E-state index contributed by atoms with van der Waals surface area (Å²) in [5.41, 5.74) is 4.75. The summed E-state index contributed by atoms with van der Waals surface area (Å²) in [6.45, 7) is 1.67. The summed E-state index contributed by atoms with van der Waals surface area (Å²) in [5, 5.41) is 0. The van der Waals surface area contributed by atoms with Gasteiger partial charge in [0.2, 0.25) is 5.88 Å². The number of imidazole rings is 1. The SMILES string of the molecule is c1cnc(OC2CC(c3ccc4nc[nH]c4c3)C2)c(C2CCOCC2)c1. The number of fused-ring (bicyclic) bond motifs is 1. The van der Waals surface area contributed by atoms with Gasteiger partial charge in [-0.05, 0) is 61.3 Å². The average molecular weight is 349 g/mol. The molecule has 2 fully saturated rings. The van der Waals surface area contributed by atoms with Crippen LogP contribution in [0, 0.1) is 0 Å². The van der Waals surface area contributed by atoms with Crippen molar-refractivity contribution in [1.29, 1.82) is 0 Å². The van der Waals surface area contributed by atoms with Crippen molar-refractivity contribution >= 4 is 11.0 Å². The largest absolute Gasteiger partial charge is 0.474 e. The van der Waals surface area contributed by atoms with Crippen LogP contribution in [0.2, 0.25) is 0 Å². The van der Waals surface area contributed by atoms with Crippen LogP contribution in [0.15, 0.2) is 42.9 Å². The van der Waals surface area contributed by atoms with Crippen LogP contribution >= 0.6 is 0 Å². The number of nitrogens with zero attached hydrogens (tertiary/aromatic N) is 2. The topological polar surface area (TPSA) is 60.0 Å². The number of H-pyrrole nitrogens is 1. The first-order valence-electron chi connectivity index (χ1n) is 9.49. The lowest BCUT2D eigenvalue weighted by atomic mass is 9.77. The number of pyridine rings is 1. The van der Waals surface area contributed by atoms with Crippen LogP contribution in [0.3, 0.4) is 0 Å². The van der Waals surface area contributed by atoms with Gasteiger partial charge >= 0.3 is 0 Å². The molecule has 1 aliphatic heterocycles. The minimum atomic E-state index is 0.256. The van der Waals surface area contributed by atoms with Crippen LogP contribution < -0.4 is 4.74 Å². The van der Waals surface area contributed by atoms with Crippen molar-refractivity contribution in [2.24, 2.45) is 0 Å². The van der Waals surface area contributed by atoms with E-state index in [1.165, 1.54) is 11.1 Å². The highest BCUT2D eigenvalue weighted by molar-refractivity contribution is 5.75. The van der Waals surface area contributed by atoms with E-state index in [9.17, 15) is 0 Å². The fourth-order valence-electron chi connectivity index (χ4n) is 4.12. The van der Waals surface area contributed by atoms with Gasteiger partial charge in [0.25, 0.3) is 0 Å². The van der Waals surface area contributed by atoms with Crippen molar-refractivity contribution in [3.8, 4) is 5.88 Å². The highest BCUT2D eigenvalue weighted by Gasteiger charge is 2.33. The molecule has 2 aliphatic rings. The molecule has 0 amide bonds. The molecule has 1 saturated carbocycles. The molecule has 26 heavy (non-hydrogen) atoms. The Kier molecular flexibility index (Phi) is 4.09. The Morgan fingerprint density at radius 3 is 2.81 bits per heavy atom. The molecule has 134 valence electrons. The number of hydrogen-bond donors (Lipinski definition) is 1. The number of ether oxygens (including phenoxy) is 2. The zero-order chi connectivity index (χ0) is 17.3. The van der Waals surface area contributed by atoms with Crippen molar-refractivity contribution in [3.63, 3.8) is 0 Å². The van der Waals surface area contributed by atoms with Gasteiger partial charge in [0.15, 0.2) is 0 Å². The van der Waals surface area contributed by atoms with E-state index in [2.05, 4.69) is 39.2 Å². The van der Waals surface area contributed by atoms with Crippen molar-refractivity contribution in [2.75, 3.05) is 13.2 Å². The second-order valence-corrected chi connectivity index (χ2v) is 7.37. The number of hydrogen-bond acceptors (Lipinski definition) is 4. The molecule has 1 aromatic carbocycles. The fraction of sp³-hybridized carbons (Fsp3) is 0.429. The summed E-state index contributed by atoms with van der Waals surface area (Å²) >= 11 is 0. The van der Waals surface area contributed by atoms with Crippen LogP contribution in [-0.4, -0.2) is 34.3 Å². The van der Waals surface area contributed by atoms with Crippen LogP contribution in [0.4, 0.5) is 0 Å². The van der Waals surface area contributed by atoms with E-state index >= 15 is 0 Å². The lowest BCUT2D eigenvalue weighted by Gasteiger charge is -2.36. The quantitative estimate of drug-likeness (QED) is 0.768. The van der Waals surface area contributed by atoms with Crippen molar-refractivity contribution in [3.05, 3.63) is 54.0 Å². The Bertz CT molecular complexity index is 895. The van der Waals surface area contributed by atoms with Gasteiger partial charge in [-0.1, -0.05) is 12.1 Å². The molecule has 0 unspecified atom stereocenters. The summed E-state index contributed by atoms with van der Waals surface area (Å²) in [6, 6.07) is 10.7. The van der Waals surface area contributed by atoms with Crippen LogP contribution in [0.1, 0.15) is 48.6 Å².